The van der Waals surface area contributed by atoms with Gasteiger partial charge in [-0.05, 0) is 59.7 Å². The number of aryl methyl sites for hydroxylation is 3. The van der Waals surface area contributed by atoms with Crippen molar-refractivity contribution in [1.82, 2.24) is 0 Å². The predicted molar refractivity (Wildman–Crippen MR) is 102 cm³/mol. The highest BCUT2D eigenvalue weighted by Crippen LogP contribution is 2.20. The molecule has 0 saturated heterocycles. The van der Waals surface area contributed by atoms with Gasteiger partial charge in [0.1, 0.15) is 0 Å². The summed E-state index contributed by atoms with van der Waals surface area (Å²) >= 11 is 0. The maximum atomic E-state index is 6.41. The highest BCUT2D eigenvalue weighted by molar-refractivity contribution is 7.49. The van der Waals surface area contributed by atoms with Crippen molar-refractivity contribution in [2.45, 2.75) is 40.4 Å². The van der Waals surface area contributed by atoms with Gasteiger partial charge in [0.15, 0.2) is 8.32 Å². The minimum atomic E-state index is -1.65. The molecule has 1 nitrogen and oxygen atoms in total. The van der Waals surface area contributed by atoms with E-state index in [1.807, 2.05) is 0 Å². The molecule has 2 aromatic carbocycles. The molecule has 0 aliphatic heterocycles. The minimum absolute atomic E-state index is 1.08. The fourth-order valence-corrected chi connectivity index (χ4v) is 5.13. The topological polar surface area (TPSA) is 9.23 Å². The van der Waals surface area contributed by atoms with E-state index in [2.05, 4.69) is 82.9 Å². The predicted octanol–water partition coefficient (Wildman–Crippen LogP) is 5.21. The van der Waals surface area contributed by atoms with Crippen molar-refractivity contribution in [1.29, 1.82) is 0 Å². The summed E-state index contributed by atoms with van der Waals surface area (Å²) in [5.41, 5.74) is 6.26. The van der Waals surface area contributed by atoms with Gasteiger partial charge in [0, 0.05) is 10.9 Å². The Bertz CT molecular complexity index is 661. The summed E-state index contributed by atoms with van der Waals surface area (Å²) in [7, 11) is -0.482. The molecule has 3 heteroatoms. The van der Waals surface area contributed by atoms with Crippen LogP contribution in [-0.2, 0) is 4.43 Å². The molecule has 0 saturated carbocycles. The van der Waals surface area contributed by atoms with Crippen LogP contribution in [0.4, 0.5) is 0 Å². The smallest absolute Gasteiger partial charge is 0.192 e. The monoisotopic (exact) mass is 328 g/mol. The van der Waals surface area contributed by atoms with Gasteiger partial charge in [-0.1, -0.05) is 48.0 Å². The fraction of sp³-hybridized carbons (Fsp3) is 0.316. The maximum absolute atomic E-state index is 6.41. The second-order valence-corrected chi connectivity index (χ2v) is 12.3. The lowest BCUT2D eigenvalue weighted by molar-refractivity contribution is 0.567. The Morgan fingerprint density at radius 2 is 1.45 bits per heavy atom. The van der Waals surface area contributed by atoms with Gasteiger partial charge in [0.2, 0.25) is 0 Å². The zero-order valence-electron chi connectivity index (χ0n) is 14.4. The van der Waals surface area contributed by atoms with Gasteiger partial charge < -0.3 is 4.43 Å². The van der Waals surface area contributed by atoms with Gasteiger partial charge in [-0.3, -0.25) is 0 Å². The molecule has 0 fully saturated rings. The summed E-state index contributed by atoms with van der Waals surface area (Å²) in [6.07, 6.45) is 0. The van der Waals surface area contributed by atoms with Crippen molar-refractivity contribution in [3.63, 3.8) is 0 Å². The van der Waals surface area contributed by atoms with Crippen molar-refractivity contribution in [3.05, 3.63) is 64.7 Å². The van der Waals surface area contributed by atoms with E-state index >= 15 is 0 Å². The van der Waals surface area contributed by atoms with Crippen LogP contribution in [0.2, 0.25) is 19.6 Å². The van der Waals surface area contributed by atoms with E-state index in [0.29, 0.717) is 0 Å². The fourth-order valence-electron chi connectivity index (χ4n) is 2.47. The van der Waals surface area contributed by atoms with Crippen LogP contribution < -0.4 is 5.30 Å². The molecule has 0 bridgehead atoms. The molecular weight excluding hydrogens is 303 g/mol. The summed E-state index contributed by atoms with van der Waals surface area (Å²) < 4.78 is 6.41. The Balaban J connectivity index is 2.54. The summed E-state index contributed by atoms with van der Waals surface area (Å²) in [5, 5.41) is 1.36. The van der Waals surface area contributed by atoms with Crippen molar-refractivity contribution in [3.8, 4) is 0 Å². The van der Waals surface area contributed by atoms with E-state index in [9.17, 15) is 0 Å². The zero-order chi connectivity index (χ0) is 16.3. The molecule has 116 valence electrons. The maximum Gasteiger partial charge on any atom is 0.192 e. The van der Waals surface area contributed by atoms with Crippen molar-refractivity contribution in [2.24, 2.45) is 0 Å². The first-order chi connectivity index (χ1) is 10.3. The van der Waals surface area contributed by atoms with Crippen LogP contribution in [-0.4, -0.2) is 13.8 Å². The van der Waals surface area contributed by atoms with Crippen molar-refractivity contribution < 1.29 is 4.43 Å². The Hall–Kier alpha value is -1.21. The molecule has 0 N–H and O–H groups in total. The van der Waals surface area contributed by atoms with Crippen LogP contribution in [0, 0.1) is 20.8 Å². The second-order valence-electron chi connectivity index (χ2n) is 6.74. The van der Waals surface area contributed by atoms with E-state index < -0.39 is 8.32 Å². The lowest BCUT2D eigenvalue weighted by atomic mass is 10.1. The molecule has 0 amide bonds. The molecule has 0 aromatic heterocycles. The lowest BCUT2D eigenvalue weighted by Gasteiger charge is -2.20. The third-order valence-electron chi connectivity index (χ3n) is 3.27. The zero-order valence-corrected chi connectivity index (χ0v) is 16.3. The molecule has 0 spiro atoms. The van der Waals surface area contributed by atoms with Gasteiger partial charge in [0.25, 0.3) is 0 Å². The average Bonchev–Trinajstić information content (AvgIpc) is 2.41. The summed E-state index contributed by atoms with van der Waals surface area (Å²) in [6.45, 7) is 13.3. The van der Waals surface area contributed by atoms with Gasteiger partial charge in [-0.15, -0.1) is 0 Å². The summed E-state index contributed by atoms with van der Waals surface area (Å²) in [4.78, 5) is 0. The molecule has 0 radical (unpaired) electrons. The van der Waals surface area contributed by atoms with E-state index in [1.165, 1.54) is 27.6 Å². The van der Waals surface area contributed by atoms with Crippen LogP contribution in [0.1, 0.15) is 22.3 Å². The first kappa shape index (κ1) is 17.1. The standard InChI is InChI=1S/C19H25OPSi/c1-14-12-15(2)18(16(3)13-14)21-19(20-22(4,5)6)17-10-8-7-9-11-17/h7-13H,1-6H3. The van der Waals surface area contributed by atoms with E-state index in [4.69, 9.17) is 4.43 Å². The Labute approximate surface area is 137 Å². The van der Waals surface area contributed by atoms with Crippen LogP contribution in [0.15, 0.2) is 42.5 Å². The summed E-state index contributed by atoms with van der Waals surface area (Å²) in [6, 6.07) is 15.0. The molecule has 22 heavy (non-hydrogen) atoms. The Kier molecular flexibility index (Phi) is 5.39. The normalized spacial score (nSPS) is 12.5. The van der Waals surface area contributed by atoms with E-state index in [1.54, 1.807) is 0 Å². The van der Waals surface area contributed by atoms with Crippen LogP contribution in [0.25, 0.3) is 0 Å². The molecule has 0 heterocycles. The Morgan fingerprint density at radius 1 is 0.909 bits per heavy atom. The molecule has 2 rings (SSSR count). The quantitative estimate of drug-likeness (QED) is 0.553. The van der Waals surface area contributed by atoms with Gasteiger partial charge in [-0.25, -0.2) is 0 Å². The third kappa shape index (κ3) is 4.64. The van der Waals surface area contributed by atoms with Crippen LogP contribution in [0.5, 0.6) is 0 Å². The van der Waals surface area contributed by atoms with Gasteiger partial charge in [0.05, 0.1) is 5.48 Å². The second kappa shape index (κ2) is 6.91. The number of rotatable bonds is 4. The molecular formula is C19H25OPSi. The lowest BCUT2D eigenvalue weighted by Crippen LogP contribution is -2.29. The van der Waals surface area contributed by atoms with Crippen LogP contribution >= 0.6 is 8.20 Å². The third-order valence-corrected chi connectivity index (χ3v) is 5.74. The molecule has 0 aliphatic rings. The number of hydrogen-bond donors (Lipinski definition) is 0. The number of benzene rings is 2. The number of hydrogen-bond acceptors (Lipinski definition) is 1. The molecule has 0 atom stereocenters. The van der Waals surface area contributed by atoms with E-state index in [0.717, 1.165) is 13.7 Å². The Morgan fingerprint density at radius 3 is 1.95 bits per heavy atom. The molecule has 0 aliphatic carbocycles. The first-order valence-corrected chi connectivity index (χ1v) is 12.0. The summed E-state index contributed by atoms with van der Waals surface area (Å²) in [5.74, 6) is 0. The van der Waals surface area contributed by atoms with Gasteiger partial charge in [-0.2, -0.15) is 0 Å². The first-order valence-electron chi connectivity index (χ1n) is 7.67. The average molecular weight is 328 g/mol. The van der Waals surface area contributed by atoms with E-state index in [-0.39, 0.29) is 0 Å². The molecule has 2 aromatic rings. The van der Waals surface area contributed by atoms with Crippen molar-refractivity contribution in [2.75, 3.05) is 0 Å². The highest BCUT2D eigenvalue weighted by atomic mass is 31.1. The highest BCUT2D eigenvalue weighted by Gasteiger charge is 2.19. The van der Waals surface area contributed by atoms with Gasteiger partial charge >= 0.3 is 0 Å². The largest absolute Gasteiger partial charge is 0.382 e. The van der Waals surface area contributed by atoms with Crippen LogP contribution in [0.3, 0.4) is 0 Å². The molecule has 0 unspecified atom stereocenters. The van der Waals surface area contributed by atoms with Crippen molar-refractivity contribution >= 4 is 27.3 Å². The SMILES string of the molecule is Cc1cc(C)c(P=C(O[Si](C)(C)C)c2ccccc2)c(C)c1. The minimum Gasteiger partial charge on any atom is -0.382 e.